The van der Waals surface area contributed by atoms with Crippen molar-refractivity contribution >= 4 is 5.91 Å². The van der Waals surface area contributed by atoms with Crippen LogP contribution in [-0.2, 0) is 17.8 Å². The first-order valence-electron chi connectivity index (χ1n) is 11.0. The van der Waals surface area contributed by atoms with Crippen molar-refractivity contribution in [1.29, 1.82) is 0 Å². The van der Waals surface area contributed by atoms with Gasteiger partial charge >= 0.3 is 0 Å². The van der Waals surface area contributed by atoms with Crippen LogP contribution in [0.15, 0.2) is 36.5 Å². The van der Waals surface area contributed by atoms with E-state index in [1.165, 1.54) is 43.4 Å². The maximum Gasteiger partial charge on any atom is 0.222 e. The second kappa shape index (κ2) is 8.93. The number of aryl methyl sites for hydroxylation is 1. The maximum atomic E-state index is 12.8. The van der Waals surface area contributed by atoms with Gasteiger partial charge in [0.05, 0.1) is 0 Å². The summed E-state index contributed by atoms with van der Waals surface area (Å²) in [5.74, 6) is 2.72. The zero-order valence-electron chi connectivity index (χ0n) is 17.1. The summed E-state index contributed by atoms with van der Waals surface area (Å²) in [5.41, 5.74) is 2.52. The van der Waals surface area contributed by atoms with Crippen LogP contribution in [0.3, 0.4) is 0 Å². The zero-order valence-corrected chi connectivity index (χ0v) is 17.1. The van der Waals surface area contributed by atoms with Crippen molar-refractivity contribution < 1.29 is 4.79 Å². The predicted molar refractivity (Wildman–Crippen MR) is 112 cm³/mol. The zero-order chi connectivity index (χ0) is 19.3. The lowest BCUT2D eigenvalue weighted by molar-refractivity contribution is -0.134. The van der Waals surface area contributed by atoms with Crippen LogP contribution in [-0.4, -0.2) is 33.4 Å². The van der Waals surface area contributed by atoms with E-state index in [1.807, 2.05) is 6.20 Å². The summed E-state index contributed by atoms with van der Waals surface area (Å²) in [5, 5.41) is 0. The molecule has 1 atom stereocenters. The molecule has 1 unspecified atom stereocenters. The lowest BCUT2D eigenvalue weighted by atomic mass is 9.93. The van der Waals surface area contributed by atoms with Gasteiger partial charge in [-0.1, -0.05) is 43.2 Å². The molecule has 28 heavy (non-hydrogen) atoms. The third-order valence-corrected chi connectivity index (χ3v) is 6.60. The first-order valence-corrected chi connectivity index (χ1v) is 11.0. The van der Waals surface area contributed by atoms with E-state index in [1.54, 1.807) is 0 Å². The summed E-state index contributed by atoms with van der Waals surface area (Å²) >= 11 is 0. The van der Waals surface area contributed by atoms with Gasteiger partial charge in [-0.25, -0.2) is 4.98 Å². The Balaban J connectivity index is 1.38. The highest BCUT2D eigenvalue weighted by molar-refractivity contribution is 5.76. The van der Waals surface area contributed by atoms with Crippen molar-refractivity contribution in [3.05, 3.63) is 53.6 Å². The van der Waals surface area contributed by atoms with Crippen molar-refractivity contribution in [3.8, 4) is 0 Å². The van der Waals surface area contributed by atoms with Crippen LogP contribution in [0.4, 0.5) is 0 Å². The standard InChI is InChI=1S/C24H33N3O/c1-19-16-25-23(27(19)18-21-10-3-2-4-11-21)14-22-12-7-13-26(17-22)24(28)15-20-8-5-6-9-20/h2-4,10-11,16,20,22H,5-9,12-15,17-18H2,1H3. The maximum absolute atomic E-state index is 12.8. The minimum atomic E-state index is 0.389. The molecule has 150 valence electrons. The lowest BCUT2D eigenvalue weighted by Crippen LogP contribution is -2.41. The molecule has 2 aromatic rings. The van der Waals surface area contributed by atoms with E-state index < -0.39 is 0 Å². The molecule has 0 bridgehead atoms. The molecule has 1 saturated carbocycles. The molecular formula is C24H33N3O. The van der Waals surface area contributed by atoms with Gasteiger partial charge < -0.3 is 9.47 Å². The highest BCUT2D eigenvalue weighted by atomic mass is 16.2. The monoisotopic (exact) mass is 379 g/mol. The van der Waals surface area contributed by atoms with Crippen molar-refractivity contribution in [2.24, 2.45) is 11.8 Å². The number of piperidine rings is 1. The molecule has 4 heteroatoms. The molecule has 2 heterocycles. The number of hydrogen-bond donors (Lipinski definition) is 0. The normalized spacial score (nSPS) is 20.6. The minimum Gasteiger partial charge on any atom is -0.342 e. The number of nitrogens with zero attached hydrogens (tertiary/aromatic N) is 3. The summed E-state index contributed by atoms with van der Waals surface area (Å²) in [6.45, 7) is 4.86. The van der Waals surface area contributed by atoms with E-state index in [0.717, 1.165) is 44.7 Å². The Morgan fingerprint density at radius 1 is 1.07 bits per heavy atom. The van der Waals surface area contributed by atoms with Gasteiger partial charge in [-0.05, 0) is 50.0 Å². The number of imidazole rings is 1. The largest absolute Gasteiger partial charge is 0.342 e. The van der Waals surface area contributed by atoms with E-state index in [0.29, 0.717) is 17.7 Å². The van der Waals surface area contributed by atoms with E-state index >= 15 is 0 Å². The van der Waals surface area contributed by atoms with Crippen LogP contribution in [0.5, 0.6) is 0 Å². The summed E-state index contributed by atoms with van der Waals surface area (Å²) < 4.78 is 2.34. The Morgan fingerprint density at radius 3 is 2.61 bits per heavy atom. The van der Waals surface area contributed by atoms with Crippen LogP contribution < -0.4 is 0 Å². The Kier molecular flexibility index (Phi) is 6.13. The highest BCUT2D eigenvalue weighted by Crippen LogP contribution is 2.29. The summed E-state index contributed by atoms with van der Waals surface area (Å²) in [6.07, 6.45) is 11.2. The second-order valence-corrected chi connectivity index (χ2v) is 8.79. The fraction of sp³-hybridized carbons (Fsp3) is 0.583. The molecule has 1 aliphatic heterocycles. The first-order chi connectivity index (χ1) is 13.7. The molecule has 0 spiro atoms. The number of aromatic nitrogens is 2. The molecule has 1 amide bonds. The van der Waals surface area contributed by atoms with Gasteiger partial charge in [0.1, 0.15) is 5.82 Å². The van der Waals surface area contributed by atoms with Crippen LogP contribution >= 0.6 is 0 Å². The number of hydrogen-bond acceptors (Lipinski definition) is 2. The number of carbonyl (C=O) groups is 1. The molecule has 2 fully saturated rings. The first kappa shape index (κ1) is 19.2. The molecule has 4 nitrogen and oxygen atoms in total. The van der Waals surface area contributed by atoms with Crippen LogP contribution in [0.2, 0.25) is 0 Å². The average Bonchev–Trinajstić information content (AvgIpc) is 3.34. The molecule has 1 aromatic carbocycles. The smallest absolute Gasteiger partial charge is 0.222 e. The predicted octanol–water partition coefficient (Wildman–Crippen LogP) is 4.60. The fourth-order valence-corrected chi connectivity index (χ4v) is 4.96. The molecule has 1 aromatic heterocycles. The summed E-state index contributed by atoms with van der Waals surface area (Å²) in [7, 11) is 0. The number of benzene rings is 1. The Bertz CT molecular complexity index is 776. The molecule has 2 aliphatic rings. The molecule has 0 radical (unpaired) electrons. The SMILES string of the molecule is Cc1cnc(CC2CCCN(C(=O)CC3CCCC3)C2)n1Cc1ccccc1. The van der Waals surface area contributed by atoms with Gasteiger partial charge in [0.25, 0.3) is 0 Å². The third kappa shape index (κ3) is 4.65. The third-order valence-electron chi connectivity index (χ3n) is 6.60. The quantitative estimate of drug-likeness (QED) is 0.735. The number of amides is 1. The van der Waals surface area contributed by atoms with Gasteiger partial charge in [-0.2, -0.15) is 0 Å². The fourth-order valence-electron chi connectivity index (χ4n) is 4.96. The number of likely N-dealkylation sites (tertiary alicyclic amines) is 1. The molecule has 4 rings (SSSR count). The molecular weight excluding hydrogens is 346 g/mol. The summed E-state index contributed by atoms with van der Waals surface area (Å²) in [4.78, 5) is 19.6. The van der Waals surface area contributed by atoms with Crippen LogP contribution in [0.25, 0.3) is 0 Å². The van der Waals surface area contributed by atoms with Gasteiger partial charge in [-0.15, -0.1) is 0 Å². The van der Waals surface area contributed by atoms with E-state index in [9.17, 15) is 4.79 Å². The topological polar surface area (TPSA) is 38.1 Å². The van der Waals surface area contributed by atoms with E-state index in [2.05, 4.69) is 46.7 Å². The minimum absolute atomic E-state index is 0.389. The highest BCUT2D eigenvalue weighted by Gasteiger charge is 2.27. The summed E-state index contributed by atoms with van der Waals surface area (Å²) in [6, 6.07) is 10.6. The Hall–Kier alpha value is -2.10. The van der Waals surface area contributed by atoms with Crippen molar-refractivity contribution in [3.63, 3.8) is 0 Å². The van der Waals surface area contributed by atoms with Gasteiger partial charge in [-0.3, -0.25) is 4.79 Å². The number of carbonyl (C=O) groups excluding carboxylic acids is 1. The van der Waals surface area contributed by atoms with E-state index in [-0.39, 0.29) is 0 Å². The van der Waals surface area contributed by atoms with Crippen molar-refractivity contribution in [1.82, 2.24) is 14.5 Å². The van der Waals surface area contributed by atoms with Crippen molar-refractivity contribution in [2.45, 2.75) is 64.8 Å². The van der Waals surface area contributed by atoms with Gasteiger partial charge in [0.2, 0.25) is 5.91 Å². The van der Waals surface area contributed by atoms with Gasteiger partial charge in [0.15, 0.2) is 0 Å². The van der Waals surface area contributed by atoms with Crippen LogP contribution in [0, 0.1) is 18.8 Å². The van der Waals surface area contributed by atoms with Gasteiger partial charge in [0, 0.05) is 44.4 Å². The Morgan fingerprint density at radius 2 is 1.82 bits per heavy atom. The number of rotatable bonds is 6. The average molecular weight is 380 g/mol. The second-order valence-electron chi connectivity index (χ2n) is 8.79. The Labute approximate surface area is 169 Å². The molecule has 1 saturated heterocycles. The molecule has 1 aliphatic carbocycles. The lowest BCUT2D eigenvalue weighted by Gasteiger charge is -2.33. The van der Waals surface area contributed by atoms with E-state index in [4.69, 9.17) is 4.98 Å². The van der Waals surface area contributed by atoms with Crippen molar-refractivity contribution in [2.75, 3.05) is 13.1 Å². The molecule has 0 N–H and O–H groups in total. The van der Waals surface area contributed by atoms with Crippen LogP contribution in [0.1, 0.15) is 62.0 Å².